The Balaban J connectivity index is 1.32. The van der Waals surface area contributed by atoms with Crippen LogP contribution in [0.3, 0.4) is 0 Å². The zero-order valence-electron chi connectivity index (χ0n) is 19.5. The van der Waals surface area contributed by atoms with Crippen molar-refractivity contribution in [1.29, 1.82) is 0 Å². The number of amides is 2. The van der Waals surface area contributed by atoms with E-state index in [9.17, 15) is 18.0 Å². The second-order valence-corrected chi connectivity index (χ2v) is 12.4. The van der Waals surface area contributed by atoms with E-state index in [-0.39, 0.29) is 35.8 Å². The minimum atomic E-state index is -2.95. The van der Waals surface area contributed by atoms with Gasteiger partial charge in [0.25, 0.3) is 5.91 Å². The minimum absolute atomic E-state index is 0.0430. The lowest BCUT2D eigenvalue weighted by atomic mass is 9.89. The number of hydrogen-bond donors (Lipinski definition) is 1. The van der Waals surface area contributed by atoms with Gasteiger partial charge in [-0.25, -0.2) is 8.42 Å². The van der Waals surface area contributed by atoms with Crippen LogP contribution in [0.5, 0.6) is 0 Å². The summed E-state index contributed by atoms with van der Waals surface area (Å²) in [5.41, 5.74) is 2.32. The Morgan fingerprint density at radius 2 is 1.85 bits per heavy atom. The number of pyridine rings is 1. The molecule has 1 N–H and O–H groups in total. The molecule has 0 aliphatic carbocycles. The van der Waals surface area contributed by atoms with Crippen LogP contribution in [-0.2, 0) is 21.1 Å². The van der Waals surface area contributed by atoms with Gasteiger partial charge in [0, 0.05) is 49.2 Å². The SMILES string of the molecule is Cc1ccc(C(=O)NCCc2cccs2)c(C2CCN(C(=O)CN3CCS(=O)(=O)CC3)CC2)n1. The van der Waals surface area contributed by atoms with E-state index in [0.717, 1.165) is 30.7 Å². The van der Waals surface area contributed by atoms with Crippen molar-refractivity contribution in [2.45, 2.75) is 32.1 Å². The zero-order valence-corrected chi connectivity index (χ0v) is 21.2. The van der Waals surface area contributed by atoms with Crippen LogP contribution in [0.4, 0.5) is 0 Å². The first-order valence-corrected chi connectivity index (χ1v) is 14.5. The highest BCUT2D eigenvalue weighted by molar-refractivity contribution is 7.91. The summed E-state index contributed by atoms with van der Waals surface area (Å²) in [6.07, 6.45) is 2.32. The molecule has 2 aliphatic heterocycles. The Labute approximate surface area is 205 Å². The van der Waals surface area contributed by atoms with Crippen LogP contribution in [0.15, 0.2) is 29.6 Å². The summed E-state index contributed by atoms with van der Waals surface area (Å²) in [6, 6.07) is 7.81. The lowest BCUT2D eigenvalue weighted by Gasteiger charge is -2.34. The number of aryl methyl sites for hydroxylation is 1. The molecule has 2 fully saturated rings. The Bertz CT molecular complexity index is 1100. The van der Waals surface area contributed by atoms with E-state index in [4.69, 9.17) is 4.98 Å². The number of carbonyl (C=O) groups is 2. The van der Waals surface area contributed by atoms with Crippen LogP contribution < -0.4 is 5.32 Å². The molecule has 2 aromatic rings. The van der Waals surface area contributed by atoms with Crippen molar-refractivity contribution in [3.63, 3.8) is 0 Å². The Morgan fingerprint density at radius 3 is 2.53 bits per heavy atom. The van der Waals surface area contributed by atoms with Gasteiger partial charge in [-0.3, -0.25) is 19.5 Å². The first-order chi connectivity index (χ1) is 16.3. The number of nitrogens with zero attached hydrogens (tertiary/aromatic N) is 3. The molecule has 2 aliphatic rings. The molecule has 0 saturated carbocycles. The van der Waals surface area contributed by atoms with Gasteiger partial charge in [-0.05, 0) is 49.8 Å². The second kappa shape index (κ2) is 11.0. The van der Waals surface area contributed by atoms with Gasteiger partial charge >= 0.3 is 0 Å². The summed E-state index contributed by atoms with van der Waals surface area (Å²) < 4.78 is 23.2. The van der Waals surface area contributed by atoms with Gasteiger partial charge in [-0.1, -0.05) is 6.07 Å². The Hall–Kier alpha value is -2.30. The predicted molar refractivity (Wildman–Crippen MR) is 133 cm³/mol. The first kappa shape index (κ1) is 24.8. The summed E-state index contributed by atoms with van der Waals surface area (Å²) in [5, 5.41) is 5.06. The van der Waals surface area contributed by atoms with Crippen LogP contribution in [0.1, 0.15) is 45.4 Å². The Morgan fingerprint density at radius 1 is 1.12 bits per heavy atom. The lowest BCUT2D eigenvalue weighted by molar-refractivity contribution is -0.133. The van der Waals surface area contributed by atoms with Gasteiger partial charge in [-0.15, -0.1) is 11.3 Å². The number of rotatable bonds is 7. The lowest BCUT2D eigenvalue weighted by Crippen LogP contribution is -2.48. The molecule has 184 valence electrons. The smallest absolute Gasteiger partial charge is 0.253 e. The number of thiophene rings is 1. The number of carbonyl (C=O) groups excluding carboxylic acids is 2. The molecule has 2 saturated heterocycles. The third-order valence-electron chi connectivity index (χ3n) is 6.58. The predicted octanol–water partition coefficient (Wildman–Crippen LogP) is 1.86. The van der Waals surface area contributed by atoms with E-state index < -0.39 is 9.84 Å². The van der Waals surface area contributed by atoms with Gasteiger partial charge in [0.15, 0.2) is 9.84 Å². The van der Waals surface area contributed by atoms with E-state index in [2.05, 4.69) is 11.4 Å². The molecule has 8 nitrogen and oxygen atoms in total. The number of sulfone groups is 1. The highest BCUT2D eigenvalue weighted by atomic mass is 32.2. The summed E-state index contributed by atoms with van der Waals surface area (Å²) in [7, 11) is -2.95. The largest absolute Gasteiger partial charge is 0.352 e. The molecular weight excluding hydrogens is 472 g/mol. The zero-order chi connectivity index (χ0) is 24.1. The molecule has 10 heteroatoms. The molecule has 0 aromatic carbocycles. The summed E-state index contributed by atoms with van der Waals surface area (Å²) in [5.74, 6) is 0.320. The monoisotopic (exact) mass is 504 g/mol. The number of nitrogens with one attached hydrogen (secondary N) is 1. The summed E-state index contributed by atoms with van der Waals surface area (Å²) in [4.78, 5) is 35.5. The number of aromatic nitrogens is 1. The van der Waals surface area contributed by atoms with Gasteiger partial charge in [0.1, 0.15) is 0 Å². The fourth-order valence-corrected chi connectivity index (χ4v) is 6.52. The molecule has 0 atom stereocenters. The van der Waals surface area contributed by atoms with Gasteiger partial charge in [0.05, 0.1) is 29.3 Å². The fourth-order valence-electron chi connectivity index (χ4n) is 4.53. The number of hydrogen-bond acceptors (Lipinski definition) is 7. The van der Waals surface area contributed by atoms with E-state index in [1.807, 2.05) is 40.3 Å². The normalized spacial score (nSPS) is 19.1. The van der Waals surface area contributed by atoms with E-state index in [1.54, 1.807) is 11.3 Å². The van der Waals surface area contributed by atoms with Crippen LogP contribution in [0.25, 0.3) is 0 Å². The highest BCUT2D eigenvalue weighted by Gasteiger charge is 2.30. The number of likely N-dealkylation sites (tertiary alicyclic amines) is 1. The van der Waals surface area contributed by atoms with Crippen molar-refractivity contribution in [1.82, 2.24) is 20.1 Å². The molecule has 0 unspecified atom stereocenters. The van der Waals surface area contributed by atoms with Crippen LogP contribution in [0, 0.1) is 6.92 Å². The molecule has 2 amide bonds. The molecular formula is C24H32N4O4S2. The van der Waals surface area contributed by atoms with E-state index in [0.29, 0.717) is 38.3 Å². The maximum Gasteiger partial charge on any atom is 0.253 e. The van der Waals surface area contributed by atoms with Crippen LogP contribution >= 0.6 is 11.3 Å². The average molecular weight is 505 g/mol. The molecule has 0 spiro atoms. The third-order valence-corrected chi connectivity index (χ3v) is 9.12. The molecule has 0 radical (unpaired) electrons. The fraction of sp³-hybridized carbons (Fsp3) is 0.542. The van der Waals surface area contributed by atoms with Crippen molar-refractivity contribution in [2.24, 2.45) is 0 Å². The molecule has 4 rings (SSSR count). The second-order valence-electron chi connectivity index (χ2n) is 9.05. The molecule has 0 bridgehead atoms. The van der Waals surface area contributed by atoms with Gasteiger partial charge in [-0.2, -0.15) is 0 Å². The van der Waals surface area contributed by atoms with Gasteiger partial charge < -0.3 is 10.2 Å². The van der Waals surface area contributed by atoms with Crippen molar-refractivity contribution >= 4 is 33.0 Å². The maximum absolute atomic E-state index is 12.9. The standard InChI is InChI=1S/C24H32N4O4S2/c1-18-4-5-21(24(30)25-9-6-20-3-2-14-33-20)23(26-18)19-7-10-28(11-8-19)22(29)17-27-12-15-34(31,32)16-13-27/h2-5,14,19H,6-13,15-17H2,1H3,(H,25,30). The summed E-state index contributed by atoms with van der Waals surface area (Å²) >= 11 is 1.69. The molecule has 34 heavy (non-hydrogen) atoms. The maximum atomic E-state index is 12.9. The average Bonchev–Trinajstić information content (AvgIpc) is 3.34. The number of piperidine rings is 1. The van der Waals surface area contributed by atoms with Crippen molar-refractivity contribution in [3.8, 4) is 0 Å². The topological polar surface area (TPSA) is 99.7 Å². The van der Waals surface area contributed by atoms with E-state index >= 15 is 0 Å². The van der Waals surface area contributed by atoms with E-state index in [1.165, 1.54) is 4.88 Å². The van der Waals surface area contributed by atoms with Crippen LogP contribution in [0.2, 0.25) is 0 Å². The first-order valence-electron chi connectivity index (χ1n) is 11.8. The third kappa shape index (κ3) is 6.43. The Kier molecular flexibility index (Phi) is 8.00. The van der Waals surface area contributed by atoms with Crippen molar-refractivity contribution < 1.29 is 18.0 Å². The molecule has 2 aromatic heterocycles. The van der Waals surface area contributed by atoms with Crippen molar-refractivity contribution in [3.05, 3.63) is 51.5 Å². The summed E-state index contributed by atoms with van der Waals surface area (Å²) in [6.45, 7) is 4.85. The highest BCUT2D eigenvalue weighted by Crippen LogP contribution is 2.29. The minimum Gasteiger partial charge on any atom is -0.352 e. The molecule has 4 heterocycles. The van der Waals surface area contributed by atoms with Gasteiger partial charge in [0.2, 0.25) is 5.91 Å². The van der Waals surface area contributed by atoms with Crippen molar-refractivity contribution in [2.75, 3.05) is 50.8 Å². The quantitative estimate of drug-likeness (QED) is 0.618. The van der Waals surface area contributed by atoms with Crippen LogP contribution in [-0.4, -0.2) is 85.8 Å².